The summed E-state index contributed by atoms with van der Waals surface area (Å²) in [5, 5.41) is 2.89. The van der Waals surface area contributed by atoms with E-state index in [0.717, 1.165) is 0 Å². The lowest BCUT2D eigenvalue weighted by molar-refractivity contribution is -0.127. The standard InChI is InChI=1S/C11H22N2OS/c1-6-11(5,8(12)15)9(14)13-7-10(2,3)4/h6-7H2,1-5H3,(H2,12,15)(H,13,14). The molecule has 0 aromatic carbocycles. The molecule has 0 fully saturated rings. The van der Waals surface area contributed by atoms with Crippen molar-refractivity contribution in [2.45, 2.75) is 41.0 Å². The summed E-state index contributed by atoms with van der Waals surface area (Å²) in [7, 11) is 0. The molecule has 0 rings (SSSR count). The van der Waals surface area contributed by atoms with Crippen molar-refractivity contribution in [3.8, 4) is 0 Å². The van der Waals surface area contributed by atoms with Gasteiger partial charge in [0.05, 0.1) is 10.4 Å². The molecule has 0 aromatic rings. The number of nitrogens with two attached hydrogens (primary N) is 1. The van der Waals surface area contributed by atoms with Crippen LogP contribution in [0.2, 0.25) is 0 Å². The van der Waals surface area contributed by atoms with Gasteiger partial charge in [-0.15, -0.1) is 0 Å². The zero-order valence-corrected chi connectivity index (χ0v) is 11.1. The van der Waals surface area contributed by atoms with Crippen molar-refractivity contribution in [3.05, 3.63) is 0 Å². The van der Waals surface area contributed by atoms with Crippen LogP contribution in [0.3, 0.4) is 0 Å². The normalized spacial score (nSPS) is 15.5. The van der Waals surface area contributed by atoms with E-state index in [2.05, 4.69) is 26.1 Å². The SMILES string of the molecule is CCC(C)(C(=O)NCC(C)(C)C)C(N)=S. The van der Waals surface area contributed by atoms with Crippen LogP contribution in [0.1, 0.15) is 41.0 Å². The summed E-state index contributed by atoms with van der Waals surface area (Å²) >= 11 is 4.93. The number of rotatable bonds is 4. The minimum absolute atomic E-state index is 0.0700. The highest BCUT2D eigenvalue weighted by Gasteiger charge is 2.34. The first kappa shape index (κ1) is 14.4. The molecule has 88 valence electrons. The Morgan fingerprint density at radius 3 is 2.07 bits per heavy atom. The highest BCUT2D eigenvalue weighted by molar-refractivity contribution is 7.80. The van der Waals surface area contributed by atoms with E-state index < -0.39 is 5.41 Å². The molecular weight excluding hydrogens is 208 g/mol. The van der Waals surface area contributed by atoms with Crippen molar-refractivity contribution in [1.29, 1.82) is 0 Å². The van der Waals surface area contributed by atoms with Gasteiger partial charge < -0.3 is 11.1 Å². The number of amides is 1. The van der Waals surface area contributed by atoms with E-state index in [1.807, 2.05) is 6.92 Å². The van der Waals surface area contributed by atoms with Gasteiger partial charge in [0.1, 0.15) is 0 Å². The third-order valence-corrected chi connectivity index (χ3v) is 2.98. The quantitative estimate of drug-likeness (QED) is 0.725. The predicted molar refractivity (Wildman–Crippen MR) is 67.6 cm³/mol. The van der Waals surface area contributed by atoms with Gasteiger partial charge in [0, 0.05) is 6.54 Å². The van der Waals surface area contributed by atoms with Crippen molar-refractivity contribution in [2.75, 3.05) is 6.54 Å². The fourth-order valence-corrected chi connectivity index (χ4v) is 1.22. The topological polar surface area (TPSA) is 55.1 Å². The van der Waals surface area contributed by atoms with Gasteiger partial charge in [-0.05, 0) is 18.8 Å². The van der Waals surface area contributed by atoms with Crippen molar-refractivity contribution >= 4 is 23.1 Å². The third kappa shape index (κ3) is 4.16. The van der Waals surface area contributed by atoms with Crippen LogP contribution in [0.4, 0.5) is 0 Å². The van der Waals surface area contributed by atoms with E-state index in [9.17, 15) is 4.79 Å². The summed E-state index contributed by atoms with van der Waals surface area (Å²) in [6.45, 7) is 10.5. The van der Waals surface area contributed by atoms with Crippen molar-refractivity contribution in [2.24, 2.45) is 16.6 Å². The van der Waals surface area contributed by atoms with Crippen molar-refractivity contribution < 1.29 is 4.79 Å². The lowest BCUT2D eigenvalue weighted by Gasteiger charge is -2.28. The zero-order chi connectivity index (χ0) is 12.3. The molecule has 3 N–H and O–H groups in total. The fourth-order valence-electron chi connectivity index (χ4n) is 0.987. The molecule has 0 heterocycles. The van der Waals surface area contributed by atoms with Crippen LogP contribution in [0, 0.1) is 10.8 Å². The van der Waals surface area contributed by atoms with Crippen molar-refractivity contribution in [3.63, 3.8) is 0 Å². The first-order valence-electron chi connectivity index (χ1n) is 5.21. The molecule has 0 aliphatic carbocycles. The van der Waals surface area contributed by atoms with Gasteiger partial charge in [-0.2, -0.15) is 0 Å². The van der Waals surface area contributed by atoms with Gasteiger partial charge >= 0.3 is 0 Å². The number of carbonyl (C=O) groups is 1. The molecule has 3 nitrogen and oxygen atoms in total. The number of carbonyl (C=O) groups excluding carboxylic acids is 1. The van der Waals surface area contributed by atoms with Crippen LogP contribution < -0.4 is 11.1 Å². The van der Waals surface area contributed by atoms with Gasteiger partial charge in [-0.3, -0.25) is 4.79 Å². The fraction of sp³-hybridized carbons (Fsp3) is 0.818. The molecule has 15 heavy (non-hydrogen) atoms. The number of hydrogen-bond donors (Lipinski definition) is 2. The molecular formula is C11H22N2OS. The van der Waals surface area contributed by atoms with Gasteiger partial charge in [0.2, 0.25) is 5.91 Å². The first-order chi connectivity index (χ1) is 6.63. The lowest BCUT2D eigenvalue weighted by atomic mass is 9.86. The molecule has 0 bridgehead atoms. The maximum absolute atomic E-state index is 11.9. The first-order valence-corrected chi connectivity index (χ1v) is 5.62. The summed E-state index contributed by atoms with van der Waals surface area (Å²) < 4.78 is 0. The summed E-state index contributed by atoms with van der Waals surface area (Å²) in [6, 6.07) is 0. The Hall–Kier alpha value is -0.640. The molecule has 1 atom stereocenters. The lowest BCUT2D eigenvalue weighted by Crippen LogP contribution is -2.48. The van der Waals surface area contributed by atoms with Gasteiger partial charge in [0.25, 0.3) is 0 Å². The highest BCUT2D eigenvalue weighted by Crippen LogP contribution is 2.22. The summed E-state index contributed by atoms with van der Waals surface area (Å²) in [4.78, 5) is 12.2. The van der Waals surface area contributed by atoms with E-state index in [4.69, 9.17) is 18.0 Å². The van der Waals surface area contributed by atoms with E-state index in [1.165, 1.54) is 0 Å². The Morgan fingerprint density at radius 1 is 1.33 bits per heavy atom. The van der Waals surface area contributed by atoms with Gasteiger partial charge in [-0.1, -0.05) is 39.9 Å². The molecule has 0 aliphatic rings. The Labute approximate surface area is 97.8 Å². The largest absolute Gasteiger partial charge is 0.392 e. The summed E-state index contributed by atoms with van der Waals surface area (Å²) in [5.41, 5.74) is 4.94. The summed E-state index contributed by atoms with van der Waals surface area (Å²) in [6.07, 6.45) is 0.623. The maximum atomic E-state index is 11.9. The van der Waals surface area contributed by atoms with Crippen LogP contribution in [0.5, 0.6) is 0 Å². The van der Waals surface area contributed by atoms with Crippen LogP contribution in [0.25, 0.3) is 0 Å². The van der Waals surface area contributed by atoms with E-state index in [-0.39, 0.29) is 16.3 Å². The van der Waals surface area contributed by atoms with Gasteiger partial charge in [0.15, 0.2) is 0 Å². The third-order valence-electron chi connectivity index (χ3n) is 2.53. The number of hydrogen-bond acceptors (Lipinski definition) is 2. The predicted octanol–water partition coefficient (Wildman–Crippen LogP) is 1.85. The average Bonchev–Trinajstić information content (AvgIpc) is 2.11. The monoisotopic (exact) mass is 230 g/mol. The maximum Gasteiger partial charge on any atom is 0.232 e. The van der Waals surface area contributed by atoms with Gasteiger partial charge in [-0.25, -0.2) is 0 Å². The zero-order valence-electron chi connectivity index (χ0n) is 10.3. The number of thiocarbonyl (C=S) groups is 1. The smallest absolute Gasteiger partial charge is 0.232 e. The molecule has 0 saturated carbocycles. The highest BCUT2D eigenvalue weighted by atomic mass is 32.1. The van der Waals surface area contributed by atoms with E-state index >= 15 is 0 Å². The molecule has 0 spiro atoms. The van der Waals surface area contributed by atoms with Crippen LogP contribution >= 0.6 is 12.2 Å². The second-order valence-corrected chi connectivity index (χ2v) is 5.73. The molecule has 0 aromatic heterocycles. The van der Waals surface area contributed by atoms with Crippen LogP contribution in [-0.4, -0.2) is 17.4 Å². The minimum Gasteiger partial charge on any atom is -0.392 e. The second kappa shape index (κ2) is 4.92. The average molecular weight is 230 g/mol. The van der Waals surface area contributed by atoms with Crippen LogP contribution in [0.15, 0.2) is 0 Å². The van der Waals surface area contributed by atoms with E-state index in [1.54, 1.807) is 6.92 Å². The molecule has 0 saturated heterocycles. The Morgan fingerprint density at radius 2 is 1.80 bits per heavy atom. The van der Waals surface area contributed by atoms with Crippen molar-refractivity contribution in [1.82, 2.24) is 5.32 Å². The molecule has 0 aliphatic heterocycles. The molecule has 4 heteroatoms. The second-order valence-electron chi connectivity index (χ2n) is 5.29. The molecule has 1 amide bonds. The molecule has 1 unspecified atom stereocenters. The Kier molecular flexibility index (Phi) is 4.71. The van der Waals surface area contributed by atoms with E-state index in [0.29, 0.717) is 13.0 Å². The summed E-state index contributed by atoms with van der Waals surface area (Å²) in [5.74, 6) is -0.0765. The Bertz CT molecular complexity index is 258. The number of nitrogens with one attached hydrogen (secondary N) is 1. The Balaban J connectivity index is 4.50. The minimum atomic E-state index is -0.722. The van der Waals surface area contributed by atoms with Crippen LogP contribution in [-0.2, 0) is 4.79 Å². The molecule has 0 radical (unpaired) electrons.